The van der Waals surface area contributed by atoms with Crippen molar-refractivity contribution in [1.29, 1.82) is 0 Å². The van der Waals surface area contributed by atoms with Crippen LogP contribution in [0.2, 0.25) is 0 Å². The SMILES string of the molecule is C[C@](N)(CCC/C=C/CCC[C@](C)(N)C(N)=O)C(N)=O. The van der Waals surface area contributed by atoms with Crippen LogP contribution in [-0.4, -0.2) is 22.9 Å². The summed E-state index contributed by atoms with van der Waals surface area (Å²) < 4.78 is 0. The summed E-state index contributed by atoms with van der Waals surface area (Å²) in [6, 6.07) is 0. The Balaban J connectivity index is 3.75. The van der Waals surface area contributed by atoms with Gasteiger partial charge in [-0.2, -0.15) is 0 Å². The predicted octanol–water partition coefficient (Wildman–Crippen LogP) is 0.289. The predicted molar refractivity (Wildman–Crippen MR) is 80.4 cm³/mol. The van der Waals surface area contributed by atoms with Crippen molar-refractivity contribution in [1.82, 2.24) is 0 Å². The number of nitrogens with two attached hydrogens (primary N) is 4. The van der Waals surface area contributed by atoms with Crippen LogP contribution in [0.4, 0.5) is 0 Å². The van der Waals surface area contributed by atoms with Gasteiger partial charge in [-0.1, -0.05) is 12.2 Å². The maximum Gasteiger partial charge on any atom is 0.237 e. The van der Waals surface area contributed by atoms with Gasteiger partial charge in [0, 0.05) is 0 Å². The van der Waals surface area contributed by atoms with Crippen LogP contribution in [-0.2, 0) is 9.59 Å². The first-order chi connectivity index (χ1) is 9.09. The third kappa shape index (κ3) is 7.25. The van der Waals surface area contributed by atoms with Crippen LogP contribution in [0.15, 0.2) is 12.2 Å². The molecule has 0 rings (SSSR count). The van der Waals surface area contributed by atoms with Gasteiger partial charge in [0.2, 0.25) is 11.8 Å². The van der Waals surface area contributed by atoms with Crippen LogP contribution in [0.25, 0.3) is 0 Å². The van der Waals surface area contributed by atoms with Gasteiger partial charge in [-0.25, -0.2) is 0 Å². The molecule has 2 atom stereocenters. The molecule has 2 amide bonds. The number of primary amides is 2. The van der Waals surface area contributed by atoms with Crippen molar-refractivity contribution in [2.45, 2.75) is 63.5 Å². The van der Waals surface area contributed by atoms with Crippen LogP contribution < -0.4 is 22.9 Å². The average Bonchev–Trinajstić information content (AvgIpc) is 2.31. The third-order valence-electron chi connectivity index (χ3n) is 3.43. The topological polar surface area (TPSA) is 138 Å². The number of allylic oxidation sites excluding steroid dienone is 2. The first kappa shape index (κ1) is 18.6. The lowest BCUT2D eigenvalue weighted by Gasteiger charge is -2.19. The molecule has 0 saturated heterocycles. The summed E-state index contributed by atoms with van der Waals surface area (Å²) in [5.74, 6) is -0.953. The second kappa shape index (κ2) is 8.01. The van der Waals surface area contributed by atoms with E-state index in [1.54, 1.807) is 13.8 Å². The van der Waals surface area contributed by atoms with Gasteiger partial charge in [-0.05, 0) is 52.4 Å². The summed E-state index contributed by atoms with van der Waals surface area (Å²) in [4.78, 5) is 22.0. The first-order valence-corrected chi connectivity index (χ1v) is 6.92. The molecule has 0 radical (unpaired) electrons. The maximum absolute atomic E-state index is 11.0. The molecule has 0 aliphatic rings. The smallest absolute Gasteiger partial charge is 0.237 e. The number of carbonyl (C=O) groups is 2. The van der Waals surface area contributed by atoms with Crippen molar-refractivity contribution in [3.63, 3.8) is 0 Å². The number of carbonyl (C=O) groups excluding carboxylic acids is 2. The molecular formula is C14H28N4O2. The molecule has 6 heteroatoms. The van der Waals surface area contributed by atoms with Crippen LogP contribution in [0, 0.1) is 0 Å². The number of hydrogen-bond donors (Lipinski definition) is 4. The highest BCUT2D eigenvalue weighted by Gasteiger charge is 2.25. The van der Waals surface area contributed by atoms with Crippen molar-refractivity contribution in [3.05, 3.63) is 12.2 Å². The Morgan fingerprint density at radius 2 is 1.15 bits per heavy atom. The van der Waals surface area contributed by atoms with E-state index in [-0.39, 0.29) is 0 Å². The van der Waals surface area contributed by atoms with Gasteiger partial charge in [0.1, 0.15) is 0 Å². The molecule has 0 aliphatic heterocycles. The summed E-state index contributed by atoms with van der Waals surface area (Å²) in [6.45, 7) is 3.29. The third-order valence-corrected chi connectivity index (χ3v) is 3.43. The first-order valence-electron chi connectivity index (χ1n) is 6.92. The zero-order chi connectivity index (χ0) is 15.8. The second-order valence-electron chi connectivity index (χ2n) is 5.82. The Morgan fingerprint density at radius 3 is 1.40 bits per heavy atom. The van der Waals surface area contributed by atoms with E-state index >= 15 is 0 Å². The quantitative estimate of drug-likeness (QED) is 0.338. The number of amides is 2. The van der Waals surface area contributed by atoms with Gasteiger partial charge in [0.25, 0.3) is 0 Å². The highest BCUT2D eigenvalue weighted by molar-refractivity contribution is 5.84. The molecule has 0 bridgehead atoms. The molecular weight excluding hydrogens is 256 g/mol. The second-order valence-corrected chi connectivity index (χ2v) is 5.82. The van der Waals surface area contributed by atoms with Crippen molar-refractivity contribution in [2.75, 3.05) is 0 Å². The van der Waals surface area contributed by atoms with E-state index in [1.165, 1.54) is 0 Å². The molecule has 0 aliphatic carbocycles. The number of hydrogen-bond acceptors (Lipinski definition) is 4. The molecule has 0 heterocycles. The fourth-order valence-corrected chi connectivity index (χ4v) is 1.66. The van der Waals surface area contributed by atoms with Crippen molar-refractivity contribution in [2.24, 2.45) is 22.9 Å². The van der Waals surface area contributed by atoms with Gasteiger partial charge in [0.05, 0.1) is 11.1 Å². The molecule has 20 heavy (non-hydrogen) atoms. The molecule has 0 aromatic rings. The van der Waals surface area contributed by atoms with Crippen molar-refractivity contribution < 1.29 is 9.59 Å². The van der Waals surface area contributed by atoms with Crippen LogP contribution in [0.3, 0.4) is 0 Å². The maximum atomic E-state index is 11.0. The summed E-state index contributed by atoms with van der Waals surface area (Å²) in [5, 5.41) is 0. The lowest BCUT2D eigenvalue weighted by Crippen LogP contribution is -2.49. The van der Waals surface area contributed by atoms with E-state index in [0.29, 0.717) is 12.8 Å². The molecule has 0 fully saturated rings. The van der Waals surface area contributed by atoms with Crippen molar-refractivity contribution in [3.8, 4) is 0 Å². The Bertz CT molecular complexity index is 328. The van der Waals surface area contributed by atoms with Gasteiger partial charge >= 0.3 is 0 Å². The zero-order valence-electron chi connectivity index (χ0n) is 12.5. The highest BCUT2D eigenvalue weighted by Crippen LogP contribution is 2.12. The number of rotatable bonds is 10. The standard InChI is InChI=1S/C14H28N4O2/c1-13(17,11(15)19)9-7-5-3-4-6-8-10-14(2,18)12(16)20/h3-4H,5-10,17-18H2,1-2H3,(H2,15,19)(H2,16,20)/b4-3+/t13-,14-/m0/s1. The fraction of sp³-hybridized carbons (Fsp3) is 0.714. The van der Waals surface area contributed by atoms with Gasteiger partial charge in [-0.3, -0.25) is 9.59 Å². The van der Waals surface area contributed by atoms with Gasteiger partial charge in [0.15, 0.2) is 0 Å². The molecule has 0 spiro atoms. The summed E-state index contributed by atoms with van der Waals surface area (Å²) in [5.41, 5.74) is 20.0. The minimum absolute atomic E-state index is 0.477. The van der Waals surface area contributed by atoms with Crippen LogP contribution in [0.5, 0.6) is 0 Å². The summed E-state index contributed by atoms with van der Waals surface area (Å²) in [7, 11) is 0. The minimum atomic E-state index is -0.934. The Hall–Kier alpha value is -1.40. The van der Waals surface area contributed by atoms with Crippen LogP contribution in [0.1, 0.15) is 52.4 Å². The number of unbranched alkanes of at least 4 members (excludes halogenated alkanes) is 2. The molecule has 0 unspecified atom stereocenters. The molecule has 0 aromatic heterocycles. The Morgan fingerprint density at radius 1 is 0.850 bits per heavy atom. The lowest BCUT2D eigenvalue weighted by molar-refractivity contribution is -0.123. The summed E-state index contributed by atoms with van der Waals surface area (Å²) in [6.07, 6.45) is 8.51. The molecule has 6 nitrogen and oxygen atoms in total. The van der Waals surface area contributed by atoms with E-state index in [4.69, 9.17) is 22.9 Å². The van der Waals surface area contributed by atoms with Crippen LogP contribution >= 0.6 is 0 Å². The normalized spacial score (nSPS) is 17.6. The van der Waals surface area contributed by atoms with E-state index in [0.717, 1.165) is 25.7 Å². The average molecular weight is 284 g/mol. The molecule has 0 aromatic carbocycles. The molecule has 8 N–H and O–H groups in total. The summed E-state index contributed by atoms with van der Waals surface area (Å²) >= 11 is 0. The van der Waals surface area contributed by atoms with Crippen molar-refractivity contribution >= 4 is 11.8 Å². The highest BCUT2D eigenvalue weighted by atomic mass is 16.2. The zero-order valence-corrected chi connectivity index (χ0v) is 12.5. The monoisotopic (exact) mass is 284 g/mol. The Kier molecular flexibility index (Phi) is 7.45. The van der Waals surface area contributed by atoms with E-state index in [9.17, 15) is 9.59 Å². The van der Waals surface area contributed by atoms with Gasteiger partial charge in [-0.15, -0.1) is 0 Å². The largest absolute Gasteiger partial charge is 0.368 e. The van der Waals surface area contributed by atoms with E-state index in [2.05, 4.69) is 0 Å². The lowest BCUT2D eigenvalue weighted by atomic mass is 9.94. The van der Waals surface area contributed by atoms with E-state index in [1.807, 2.05) is 12.2 Å². The minimum Gasteiger partial charge on any atom is -0.368 e. The Labute approximate surface area is 120 Å². The van der Waals surface area contributed by atoms with Gasteiger partial charge < -0.3 is 22.9 Å². The molecule has 0 saturated carbocycles. The fourth-order valence-electron chi connectivity index (χ4n) is 1.66. The van der Waals surface area contributed by atoms with E-state index < -0.39 is 22.9 Å². The molecule has 116 valence electrons.